The Balaban J connectivity index is 2.15. The van der Waals surface area contributed by atoms with E-state index in [0.29, 0.717) is 36.5 Å². The van der Waals surface area contributed by atoms with E-state index < -0.39 is 35.3 Å². The highest BCUT2D eigenvalue weighted by molar-refractivity contribution is 6.00. The molecular formula is C27H36O6. The molecule has 0 amide bonds. The summed E-state index contributed by atoms with van der Waals surface area (Å²) in [5.74, 6) is -2.25. The van der Waals surface area contributed by atoms with Gasteiger partial charge in [-0.2, -0.15) is 0 Å². The summed E-state index contributed by atoms with van der Waals surface area (Å²) in [5.41, 5.74) is -0.258. The molecule has 0 aromatic rings. The number of ether oxygens (including phenoxy) is 1. The van der Waals surface area contributed by atoms with Gasteiger partial charge in [-0.15, -0.1) is 0 Å². The van der Waals surface area contributed by atoms with Gasteiger partial charge in [0, 0.05) is 11.5 Å². The number of fused-ring (bicyclic) bond motifs is 1. The summed E-state index contributed by atoms with van der Waals surface area (Å²) in [6.07, 6.45) is 11.1. The smallest absolute Gasteiger partial charge is 0.331 e. The zero-order valence-electron chi connectivity index (χ0n) is 20.1. The Hall–Kier alpha value is -2.76. The van der Waals surface area contributed by atoms with Crippen LogP contribution in [0, 0.1) is 29.1 Å². The van der Waals surface area contributed by atoms with Crippen LogP contribution in [0.2, 0.25) is 0 Å². The van der Waals surface area contributed by atoms with Crippen molar-refractivity contribution < 1.29 is 29.0 Å². The molecule has 33 heavy (non-hydrogen) atoms. The minimum atomic E-state index is -0.963. The molecule has 2 aliphatic carbocycles. The molecule has 6 heteroatoms. The average molecular weight is 457 g/mol. The Bertz CT molecular complexity index is 879. The lowest BCUT2D eigenvalue weighted by Gasteiger charge is -2.48. The van der Waals surface area contributed by atoms with Gasteiger partial charge in [0.05, 0.1) is 11.8 Å². The molecule has 0 aromatic carbocycles. The number of hydrogen-bond donors (Lipinski definition) is 1. The molecule has 2 aliphatic rings. The van der Waals surface area contributed by atoms with Gasteiger partial charge in [0.2, 0.25) is 0 Å². The number of hydrogen-bond acceptors (Lipinski definition) is 5. The van der Waals surface area contributed by atoms with Gasteiger partial charge in [-0.05, 0) is 54.7 Å². The lowest BCUT2D eigenvalue weighted by Crippen LogP contribution is -2.49. The molecule has 0 saturated heterocycles. The zero-order chi connectivity index (χ0) is 24.8. The summed E-state index contributed by atoms with van der Waals surface area (Å²) < 4.78 is 5.65. The monoisotopic (exact) mass is 456 g/mol. The van der Waals surface area contributed by atoms with Gasteiger partial charge >= 0.3 is 11.9 Å². The first kappa shape index (κ1) is 26.5. The molecule has 0 radical (unpaired) electrons. The second-order valence-corrected chi connectivity index (χ2v) is 9.73. The Morgan fingerprint density at radius 3 is 2.61 bits per heavy atom. The van der Waals surface area contributed by atoms with Crippen LogP contribution in [-0.2, 0) is 23.9 Å². The van der Waals surface area contributed by atoms with E-state index in [-0.39, 0.29) is 17.8 Å². The first-order valence-corrected chi connectivity index (χ1v) is 11.7. The predicted octanol–water partition coefficient (Wildman–Crippen LogP) is 4.85. The number of carboxylic acids is 1. The normalized spacial score (nSPS) is 29.3. The van der Waals surface area contributed by atoms with Gasteiger partial charge in [-0.25, -0.2) is 4.79 Å². The standard InChI is InChI=1S/C27H36O6/c1-6-17(2)13-18(3)9-7-8-10-25(30)33-24-12-11-21(26(31)32)27(5)15-20(19(4)16-28)23(29)14-22(24)27/h7-10,14,16-18,20-21,24H,4,6,11-13,15H2,1-3,5H3,(H,31,32)/b9-7+,10-8+/t17-,18-,20-,21+,24+,27+/m0/s1. The molecule has 0 heterocycles. The predicted molar refractivity (Wildman–Crippen MR) is 126 cm³/mol. The van der Waals surface area contributed by atoms with E-state index in [9.17, 15) is 24.3 Å². The fourth-order valence-electron chi connectivity index (χ4n) is 5.02. The van der Waals surface area contributed by atoms with Gasteiger partial charge in [0.25, 0.3) is 0 Å². The summed E-state index contributed by atoms with van der Waals surface area (Å²) in [6, 6.07) is 0. The number of aldehydes is 1. The Morgan fingerprint density at radius 1 is 1.30 bits per heavy atom. The van der Waals surface area contributed by atoms with E-state index in [1.807, 2.05) is 12.2 Å². The molecule has 0 aliphatic heterocycles. The number of carboxylic acid groups (broad SMARTS) is 1. The third-order valence-electron chi connectivity index (χ3n) is 7.17. The molecule has 2 rings (SSSR count). The fraction of sp³-hybridized carbons (Fsp3) is 0.556. The van der Waals surface area contributed by atoms with Crippen LogP contribution in [0.25, 0.3) is 0 Å². The van der Waals surface area contributed by atoms with Crippen LogP contribution in [0.1, 0.15) is 59.8 Å². The Labute approximate surface area is 196 Å². The van der Waals surface area contributed by atoms with Crippen LogP contribution >= 0.6 is 0 Å². The van der Waals surface area contributed by atoms with Crippen molar-refractivity contribution in [1.29, 1.82) is 0 Å². The molecule has 1 saturated carbocycles. The van der Waals surface area contributed by atoms with Gasteiger partial charge in [-0.3, -0.25) is 14.4 Å². The Kier molecular flexibility index (Phi) is 9.15. The van der Waals surface area contributed by atoms with Crippen LogP contribution in [0.3, 0.4) is 0 Å². The number of ketones is 1. The second kappa shape index (κ2) is 11.4. The maximum absolute atomic E-state index is 12.7. The maximum atomic E-state index is 12.7. The molecule has 1 N–H and O–H groups in total. The van der Waals surface area contributed by atoms with Crippen molar-refractivity contribution in [3.63, 3.8) is 0 Å². The summed E-state index contributed by atoms with van der Waals surface area (Å²) in [7, 11) is 0. The van der Waals surface area contributed by atoms with Gasteiger partial charge in [-0.1, -0.05) is 58.9 Å². The molecule has 0 aromatic heterocycles. The highest BCUT2D eigenvalue weighted by Gasteiger charge is 2.53. The van der Waals surface area contributed by atoms with Crippen LogP contribution in [-0.4, -0.2) is 35.2 Å². The van der Waals surface area contributed by atoms with Crippen molar-refractivity contribution >= 4 is 24.0 Å². The molecule has 6 nitrogen and oxygen atoms in total. The minimum absolute atomic E-state index is 0.136. The topological polar surface area (TPSA) is 97.7 Å². The first-order chi connectivity index (χ1) is 15.5. The number of carbonyl (C=O) groups excluding carboxylic acids is 3. The van der Waals surface area contributed by atoms with Crippen molar-refractivity contribution in [3.05, 3.63) is 48.1 Å². The third-order valence-corrected chi connectivity index (χ3v) is 7.17. The summed E-state index contributed by atoms with van der Waals surface area (Å²) >= 11 is 0. The van der Waals surface area contributed by atoms with Crippen molar-refractivity contribution in [3.8, 4) is 0 Å². The van der Waals surface area contributed by atoms with Crippen LogP contribution in [0.4, 0.5) is 0 Å². The van der Waals surface area contributed by atoms with Crippen molar-refractivity contribution in [2.75, 3.05) is 0 Å². The molecule has 180 valence electrons. The van der Waals surface area contributed by atoms with E-state index in [1.165, 1.54) is 12.2 Å². The van der Waals surface area contributed by atoms with E-state index in [0.717, 1.165) is 12.8 Å². The number of aliphatic carboxylic acids is 1. The van der Waals surface area contributed by atoms with Gasteiger partial charge in [0.1, 0.15) is 12.4 Å². The highest BCUT2D eigenvalue weighted by atomic mass is 16.5. The van der Waals surface area contributed by atoms with Gasteiger partial charge in [0.15, 0.2) is 5.78 Å². The van der Waals surface area contributed by atoms with Crippen LogP contribution in [0.5, 0.6) is 0 Å². The lowest BCUT2D eigenvalue weighted by molar-refractivity contribution is -0.152. The van der Waals surface area contributed by atoms with E-state index >= 15 is 0 Å². The van der Waals surface area contributed by atoms with Gasteiger partial charge < -0.3 is 9.84 Å². The first-order valence-electron chi connectivity index (χ1n) is 11.7. The van der Waals surface area contributed by atoms with E-state index in [4.69, 9.17) is 4.74 Å². The second-order valence-electron chi connectivity index (χ2n) is 9.73. The quantitative estimate of drug-likeness (QED) is 0.218. The molecule has 1 fully saturated rings. The largest absolute Gasteiger partial charge is 0.481 e. The molecular weight excluding hydrogens is 420 g/mol. The minimum Gasteiger partial charge on any atom is -0.481 e. The van der Waals surface area contributed by atoms with E-state index in [2.05, 4.69) is 27.4 Å². The number of carbonyl (C=O) groups is 4. The molecule has 0 bridgehead atoms. The van der Waals surface area contributed by atoms with E-state index in [1.54, 1.807) is 13.0 Å². The number of rotatable bonds is 10. The SMILES string of the molecule is C=C(C=O)[C@@H]1C[C@@]2(C)C(=CC1=O)[C@H](OC(=O)/C=C/C=C/[C@H](C)C[C@@H](C)CC)CC[C@@H]2C(=O)O. The molecule has 6 atom stereocenters. The fourth-order valence-corrected chi connectivity index (χ4v) is 5.02. The molecule has 0 spiro atoms. The zero-order valence-corrected chi connectivity index (χ0v) is 20.1. The van der Waals surface area contributed by atoms with Crippen LogP contribution in [0.15, 0.2) is 48.1 Å². The number of allylic oxidation sites excluding steroid dienone is 5. The average Bonchev–Trinajstić information content (AvgIpc) is 2.76. The van der Waals surface area contributed by atoms with Crippen molar-refractivity contribution in [2.45, 2.75) is 65.9 Å². The number of esters is 1. The summed E-state index contributed by atoms with van der Waals surface area (Å²) in [5, 5.41) is 9.79. The summed E-state index contributed by atoms with van der Waals surface area (Å²) in [6.45, 7) is 11.9. The lowest BCUT2D eigenvalue weighted by atomic mass is 9.56. The van der Waals surface area contributed by atoms with Crippen molar-refractivity contribution in [2.24, 2.45) is 29.1 Å². The highest BCUT2D eigenvalue weighted by Crippen LogP contribution is 2.53. The van der Waals surface area contributed by atoms with Crippen LogP contribution < -0.4 is 0 Å². The van der Waals surface area contributed by atoms with Crippen molar-refractivity contribution in [1.82, 2.24) is 0 Å². The third kappa shape index (κ3) is 6.40. The molecule has 0 unspecified atom stereocenters. The maximum Gasteiger partial charge on any atom is 0.331 e. The summed E-state index contributed by atoms with van der Waals surface area (Å²) in [4.78, 5) is 48.3. The Morgan fingerprint density at radius 2 is 2.00 bits per heavy atom.